The van der Waals surface area contributed by atoms with Crippen molar-refractivity contribution >= 4 is 0 Å². The topological polar surface area (TPSA) is 48.0 Å². The molecule has 0 bridgehead atoms. The lowest BCUT2D eigenvalue weighted by molar-refractivity contribution is -0.975. The second-order valence-electron chi connectivity index (χ2n) is 9.35. The smallest absolute Gasteiger partial charge is 0.406 e. The minimum Gasteiger partial charge on any atom is -0.406 e. The fourth-order valence-corrected chi connectivity index (χ4v) is 6.11. The first-order chi connectivity index (χ1) is 17.8. The highest BCUT2D eigenvalue weighted by molar-refractivity contribution is 5.73. The molecular weight excluding hydrogens is 448 g/mol. The van der Waals surface area contributed by atoms with Gasteiger partial charge in [-0.2, -0.15) is 5.10 Å². The van der Waals surface area contributed by atoms with Gasteiger partial charge in [0, 0.05) is 11.6 Å². The highest BCUT2D eigenvalue weighted by Crippen LogP contribution is 2.51. The molecule has 6 aromatic rings. The summed E-state index contributed by atoms with van der Waals surface area (Å²) in [5, 5.41) is 5.24. The maximum Gasteiger partial charge on any atom is 0.507 e. The Bertz CT molecular complexity index is 1870. The van der Waals surface area contributed by atoms with Crippen molar-refractivity contribution in [3.05, 3.63) is 115 Å². The van der Waals surface area contributed by atoms with Crippen LogP contribution in [0.15, 0.2) is 114 Å². The Balaban J connectivity index is 1.30. The van der Waals surface area contributed by atoms with E-state index in [2.05, 4.69) is 80.5 Å². The molecule has 0 saturated carbocycles. The first-order valence-electron chi connectivity index (χ1n) is 12.0. The van der Waals surface area contributed by atoms with Gasteiger partial charge in [0.1, 0.15) is 11.3 Å². The molecule has 0 fully saturated rings. The van der Waals surface area contributed by atoms with Crippen LogP contribution in [0.1, 0.15) is 5.56 Å². The van der Waals surface area contributed by atoms with Crippen LogP contribution in [0, 0.1) is 0 Å². The third-order valence-corrected chi connectivity index (χ3v) is 7.57. The maximum atomic E-state index is 6.39. The van der Waals surface area contributed by atoms with Crippen LogP contribution in [-0.2, 0) is 5.79 Å². The molecule has 9 rings (SSSR count). The van der Waals surface area contributed by atoms with Crippen LogP contribution < -0.4 is 13.9 Å². The predicted molar refractivity (Wildman–Crippen MR) is 131 cm³/mol. The summed E-state index contributed by atoms with van der Waals surface area (Å²) in [4.78, 5) is 0. The van der Waals surface area contributed by atoms with Crippen LogP contribution in [0.2, 0.25) is 0 Å². The van der Waals surface area contributed by atoms with Crippen molar-refractivity contribution in [1.29, 1.82) is 0 Å². The van der Waals surface area contributed by atoms with E-state index in [1.54, 1.807) is 6.26 Å². The normalized spacial score (nSPS) is 17.2. The predicted octanol–water partition coefficient (Wildman–Crippen LogP) is 5.21. The number of fused-ring (bicyclic) bond motifs is 4. The number of oxazole rings is 1. The van der Waals surface area contributed by atoms with E-state index in [4.69, 9.17) is 14.3 Å². The molecule has 3 aromatic heterocycles. The lowest BCUT2D eigenvalue weighted by atomic mass is 10.0. The monoisotopic (exact) mass is 466 g/mol. The van der Waals surface area contributed by atoms with E-state index < -0.39 is 5.79 Å². The van der Waals surface area contributed by atoms with E-state index in [9.17, 15) is 0 Å². The van der Waals surface area contributed by atoms with Gasteiger partial charge in [-0.3, -0.25) is 0 Å². The number of ether oxygens (including phenoxy) is 1. The van der Waals surface area contributed by atoms with Crippen molar-refractivity contribution in [2.75, 3.05) is 0 Å². The zero-order chi connectivity index (χ0) is 23.4. The SMILES string of the molecule is c1ccc(-c2ccc(-c3cc4n(n3)C35c6c(cccc6-c6occ[n+]63)Oc3cccc-4[n+]35)cc2)cc1. The van der Waals surface area contributed by atoms with Crippen LogP contribution in [0.25, 0.3) is 45.2 Å². The van der Waals surface area contributed by atoms with E-state index in [1.165, 1.54) is 11.1 Å². The minimum absolute atomic E-state index is 0.754. The number of rotatable bonds is 2. The molecule has 1 spiro atoms. The van der Waals surface area contributed by atoms with Crippen LogP contribution in [0.5, 0.6) is 11.6 Å². The van der Waals surface area contributed by atoms with Gasteiger partial charge in [-0.25, -0.2) is 0 Å². The van der Waals surface area contributed by atoms with Crippen LogP contribution in [0.4, 0.5) is 0 Å². The zero-order valence-corrected chi connectivity index (χ0v) is 19.0. The van der Waals surface area contributed by atoms with Crippen molar-refractivity contribution in [2.24, 2.45) is 0 Å². The van der Waals surface area contributed by atoms with Crippen molar-refractivity contribution in [3.8, 4) is 56.9 Å². The molecule has 168 valence electrons. The largest absolute Gasteiger partial charge is 0.507 e. The van der Waals surface area contributed by atoms with Gasteiger partial charge in [-0.15, -0.1) is 4.68 Å². The third kappa shape index (κ3) is 1.99. The van der Waals surface area contributed by atoms with Gasteiger partial charge in [-0.1, -0.05) is 69.8 Å². The van der Waals surface area contributed by atoms with Gasteiger partial charge in [0.2, 0.25) is 11.9 Å². The lowest BCUT2D eigenvalue weighted by Gasteiger charge is -2.22. The van der Waals surface area contributed by atoms with Crippen LogP contribution in [-0.4, -0.2) is 9.78 Å². The van der Waals surface area contributed by atoms with Gasteiger partial charge in [0.15, 0.2) is 17.6 Å². The maximum absolute atomic E-state index is 6.39. The van der Waals surface area contributed by atoms with E-state index in [-0.39, 0.29) is 0 Å². The quantitative estimate of drug-likeness (QED) is 0.329. The average molecular weight is 467 g/mol. The molecule has 0 aliphatic carbocycles. The molecule has 3 aliphatic heterocycles. The van der Waals surface area contributed by atoms with Crippen LogP contribution in [0.3, 0.4) is 0 Å². The molecule has 6 heteroatoms. The zero-order valence-electron chi connectivity index (χ0n) is 19.0. The highest BCUT2D eigenvalue weighted by atomic mass is 16.5. The standard InChI is InChI=1S/C30H18N4O2/c1-2-6-19(7-3-1)20-12-14-21(15-13-20)23-18-25-24-9-5-11-27-33(24)30(34(25)31-23)28-22(8-4-10-26(28)36-27)29-32(30)16-17-35-29/h1-18H/q+2. The molecule has 0 saturated heterocycles. The molecule has 6 nitrogen and oxygen atoms in total. The Morgan fingerprint density at radius 1 is 0.778 bits per heavy atom. The molecule has 36 heavy (non-hydrogen) atoms. The Kier molecular flexibility index (Phi) is 3.15. The molecule has 0 N–H and O–H groups in total. The number of pyridine rings is 1. The first-order valence-corrected chi connectivity index (χ1v) is 12.0. The molecule has 1 atom stereocenters. The number of hydrogen-bond acceptors (Lipinski definition) is 3. The van der Waals surface area contributed by atoms with E-state index in [1.807, 2.05) is 36.5 Å². The van der Waals surface area contributed by atoms with Gasteiger partial charge in [0.05, 0.1) is 11.8 Å². The lowest BCUT2D eigenvalue weighted by Crippen LogP contribution is -2.75. The summed E-state index contributed by atoms with van der Waals surface area (Å²) in [6, 6.07) is 33.5. The summed E-state index contributed by atoms with van der Waals surface area (Å²) in [7, 11) is 0. The minimum atomic E-state index is -0.754. The average Bonchev–Trinajstić information content (AvgIpc) is 3.69. The second kappa shape index (κ2) is 6.17. The number of hydrogen-bond donors (Lipinski definition) is 0. The summed E-state index contributed by atoms with van der Waals surface area (Å²) in [6.45, 7) is 0. The Morgan fingerprint density at radius 2 is 1.58 bits per heavy atom. The fraction of sp³-hybridized carbons (Fsp3) is 0.0333. The molecule has 0 amide bonds. The summed E-state index contributed by atoms with van der Waals surface area (Å²) in [5.41, 5.74) is 8.54. The summed E-state index contributed by atoms with van der Waals surface area (Å²) in [5.74, 6) is 1.64. The van der Waals surface area contributed by atoms with Gasteiger partial charge >= 0.3 is 17.6 Å². The molecule has 3 aliphatic rings. The molecule has 0 radical (unpaired) electrons. The van der Waals surface area contributed by atoms with E-state index in [0.29, 0.717) is 0 Å². The summed E-state index contributed by atoms with van der Waals surface area (Å²) >= 11 is 0. The molecule has 1 unspecified atom stereocenters. The Morgan fingerprint density at radius 3 is 2.47 bits per heavy atom. The molecule has 3 aromatic carbocycles. The molecular formula is C30H18N4O2+2. The Hall–Kier alpha value is -4.97. The summed E-state index contributed by atoms with van der Waals surface area (Å²) in [6.07, 6.45) is 3.73. The van der Waals surface area contributed by atoms with Gasteiger partial charge in [-0.05, 0) is 35.4 Å². The number of aromatic nitrogens is 4. The van der Waals surface area contributed by atoms with E-state index in [0.717, 1.165) is 51.3 Å². The van der Waals surface area contributed by atoms with Crippen LogP contribution >= 0.6 is 0 Å². The summed E-state index contributed by atoms with van der Waals surface area (Å²) < 4.78 is 18.9. The highest BCUT2D eigenvalue weighted by Gasteiger charge is 2.74. The van der Waals surface area contributed by atoms with Gasteiger partial charge < -0.3 is 9.15 Å². The second-order valence-corrected chi connectivity index (χ2v) is 9.35. The van der Waals surface area contributed by atoms with Crippen molar-refractivity contribution in [1.82, 2.24) is 9.78 Å². The van der Waals surface area contributed by atoms with Gasteiger partial charge in [0.25, 0.3) is 0 Å². The Labute approximate surface area is 205 Å². The van der Waals surface area contributed by atoms with E-state index >= 15 is 0 Å². The number of benzene rings is 3. The fourth-order valence-electron chi connectivity index (χ4n) is 6.11. The van der Waals surface area contributed by atoms with Crippen molar-refractivity contribution in [2.45, 2.75) is 5.79 Å². The third-order valence-electron chi connectivity index (χ3n) is 7.57. The first kappa shape index (κ1) is 18.4. The molecule has 6 heterocycles. The number of nitrogens with zero attached hydrogens (tertiary/aromatic N) is 4. The van der Waals surface area contributed by atoms with Crippen molar-refractivity contribution < 1.29 is 18.3 Å². The van der Waals surface area contributed by atoms with Crippen molar-refractivity contribution in [3.63, 3.8) is 0 Å².